The number of nitrogens with one attached hydrogen (secondary N) is 1. The van der Waals surface area contributed by atoms with Crippen molar-refractivity contribution < 1.29 is 4.79 Å². The lowest BCUT2D eigenvalue weighted by molar-refractivity contribution is -0.115. The van der Waals surface area contributed by atoms with Crippen LogP contribution in [-0.4, -0.2) is 16.1 Å². The zero-order chi connectivity index (χ0) is 17.2. The lowest BCUT2D eigenvalue weighted by Gasteiger charge is -2.10. The number of hydrogen-bond acceptors (Lipinski definition) is 4. The van der Waals surface area contributed by atoms with E-state index in [0.29, 0.717) is 0 Å². The molecule has 2 heterocycles. The summed E-state index contributed by atoms with van der Waals surface area (Å²) in [6.45, 7) is 2.08. The number of carbonyl (C=O) groups is 1. The third-order valence-electron chi connectivity index (χ3n) is 4.32. The molecule has 1 amide bonds. The van der Waals surface area contributed by atoms with E-state index in [1.54, 1.807) is 23.1 Å². The van der Waals surface area contributed by atoms with E-state index < -0.39 is 0 Å². The van der Waals surface area contributed by atoms with Gasteiger partial charge < -0.3 is 5.32 Å². The average Bonchev–Trinajstić information content (AvgIpc) is 3.02. The van der Waals surface area contributed by atoms with Crippen molar-refractivity contribution in [1.82, 2.24) is 4.98 Å². The first-order valence-corrected chi connectivity index (χ1v) is 10.0. The number of nitrogens with zero attached hydrogens (tertiary/aromatic N) is 1. The number of amides is 1. The van der Waals surface area contributed by atoms with Gasteiger partial charge in [0.15, 0.2) is 4.34 Å². The molecule has 0 radical (unpaired) electrons. The molecule has 1 aliphatic heterocycles. The maximum atomic E-state index is 12.5. The van der Waals surface area contributed by atoms with Crippen molar-refractivity contribution in [2.75, 3.05) is 5.32 Å². The van der Waals surface area contributed by atoms with Crippen molar-refractivity contribution in [3.63, 3.8) is 0 Å². The van der Waals surface area contributed by atoms with Crippen LogP contribution in [-0.2, 0) is 11.2 Å². The van der Waals surface area contributed by atoms with Crippen LogP contribution in [0.1, 0.15) is 17.5 Å². The molecule has 1 atom stereocenters. The second kappa shape index (κ2) is 7.02. The molecule has 1 unspecified atom stereocenters. The predicted molar refractivity (Wildman–Crippen MR) is 105 cm³/mol. The number of fused-ring (bicyclic) bond motifs is 1. The minimum atomic E-state index is -0.107. The van der Waals surface area contributed by atoms with Gasteiger partial charge in [0.05, 0.1) is 10.9 Å². The fourth-order valence-corrected chi connectivity index (χ4v) is 4.96. The Bertz CT molecular complexity index is 902. The van der Waals surface area contributed by atoms with Crippen LogP contribution in [0.3, 0.4) is 0 Å². The Morgan fingerprint density at radius 1 is 1.16 bits per heavy atom. The van der Waals surface area contributed by atoms with E-state index in [0.717, 1.165) is 34.1 Å². The highest BCUT2D eigenvalue weighted by Gasteiger charge is 2.25. The molecule has 4 rings (SSSR count). The molecular formula is C20H18N2OS2. The Morgan fingerprint density at radius 2 is 1.96 bits per heavy atom. The molecule has 0 fully saturated rings. The summed E-state index contributed by atoms with van der Waals surface area (Å²) in [5.41, 5.74) is 5.48. The number of thioether (sulfide) groups is 1. The van der Waals surface area contributed by atoms with Crippen LogP contribution in [0.2, 0.25) is 0 Å². The highest BCUT2D eigenvalue weighted by molar-refractivity contribution is 8.02. The maximum Gasteiger partial charge on any atom is 0.237 e. The molecule has 5 heteroatoms. The molecule has 0 saturated heterocycles. The molecule has 3 aromatic rings. The number of para-hydroxylation sites is 1. The number of carbonyl (C=O) groups excluding carboxylic acids is 1. The number of aromatic nitrogens is 1. The largest absolute Gasteiger partial charge is 0.325 e. The predicted octanol–water partition coefficient (Wildman–Crippen LogP) is 5.16. The van der Waals surface area contributed by atoms with Gasteiger partial charge in [-0.1, -0.05) is 59.8 Å². The summed E-state index contributed by atoms with van der Waals surface area (Å²) in [5, 5.41) is 5.01. The second-order valence-electron chi connectivity index (χ2n) is 6.16. The van der Waals surface area contributed by atoms with E-state index in [4.69, 9.17) is 4.98 Å². The zero-order valence-electron chi connectivity index (χ0n) is 13.9. The summed E-state index contributed by atoms with van der Waals surface area (Å²) in [5.74, 6) is 0.0713. The topological polar surface area (TPSA) is 42.0 Å². The van der Waals surface area contributed by atoms with Crippen LogP contribution in [0.5, 0.6) is 0 Å². The molecule has 0 bridgehead atoms. The minimum absolute atomic E-state index is 0.0713. The van der Waals surface area contributed by atoms with Crippen molar-refractivity contribution in [1.29, 1.82) is 0 Å². The van der Waals surface area contributed by atoms with Gasteiger partial charge in [0.25, 0.3) is 0 Å². The van der Waals surface area contributed by atoms with Gasteiger partial charge in [-0.05, 0) is 31.4 Å². The number of thiazole rings is 1. The molecule has 1 aliphatic rings. The van der Waals surface area contributed by atoms with Gasteiger partial charge in [-0.3, -0.25) is 4.79 Å². The first-order chi connectivity index (χ1) is 12.2. The Balaban J connectivity index is 1.49. The Morgan fingerprint density at radius 3 is 2.80 bits per heavy atom. The lowest BCUT2D eigenvalue weighted by Crippen LogP contribution is -2.23. The van der Waals surface area contributed by atoms with Crippen molar-refractivity contribution in [2.45, 2.75) is 29.4 Å². The van der Waals surface area contributed by atoms with Crippen molar-refractivity contribution in [3.8, 4) is 11.3 Å². The third kappa shape index (κ3) is 3.62. The van der Waals surface area contributed by atoms with Gasteiger partial charge in [-0.15, -0.1) is 11.3 Å². The van der Waals surface area contributed by atoms with E-state index in [1.165, 1.54) is 11.1 Å². The van der Waals surface area contributed by atoms with Crippen molar-refractivity contribution >= 4 is 34.7 Å². The second-order valence-corrected chi connectivity index (χ2v) is 8.46. The number of benzene rings is 2. The van der Waals surface area contributed by atoms with E-state index in [2.05, 4.69) is 48.0 Å². The molecule has 1 N–H and O–H groups in total. The molecule has 126 valence electrons. The van der Waals surface area contributed by atoms with Gasteiger partial charge in [0, 0.05) is 16.6 Å². The minimum Gasteiger partial charge on any atom is -0.325 e. The number of anilines is 1. The molecular weight excluding hydrogens is 348 g/mol. The van der Waals surface area contributed by atoms with Crippen molar-refractivity contribution in [3.05, 3.63) is 65.0 Å². The molecule has 3 nitrogen and oxygen atoms in total. The quantitative estimate of drug-likeness (QED) is 0.696. The summed E-state index contributed by atoms with van der Waals surface area (Å²) in [6, 6.07) is 16.4. The van der Waals surface area contributed by atoms with Gasteiger partial charge in [0.1, 0.15) is 0 Å². The van der Waals surface area contributed by atoms with E-state index in [9.17, 15) is 4.79 Å². The van der Waals surface area contributed by atoms with E-state index >= 15 is 0 Å². The molecule has 1 aromatic heterocycles. The van der Waals surface area contributed by atoms with Crippen LogP contribution in [0.25, 0.3) is 11.3 Å². The summed E-state index contributed by atoms with van der Waals surface area (Å²) in [7, 11) is 0. The van der Waals surface area contributed by atoms with Crippen LogP contribution in [0, 0.1) is 6.92 Å². The summed E-state index contributed by atoms with van der Waals surface area (Å²) in [6.07, 6.45) is 1.73. The molecule has 25 heavy (non-hydrogen) atoms. The highest BCUT2D eigenvalue weighted by Crippen LogP contribution is 2.35. The maximum absolute atomic E-state index is 12.5. The van der Waals surface area contributed by atoms with Gasteiger partial charge >= 0.3 is 0 Å². The summed E-state index contributed by atoms with van der Waals surface area (Å²) >= 11 is 3.18. The molecule has 0 saturated carbocycles. The van der Waals surface area contributed by atoms with Crippen LogP contribution in [0.4, 0.5) is 5.69 Å². The first-order valence-electron chi connectivity index (χ1n) is 8.27. The van der Waals surface area contributed by atoms with Gasteiger partial charge in [-0.25, -0.2) is 4.98 Å². The highest BCUT2D eigenvalue weighted by atomic mass is 32.2. The van der Waals surface area contributed by atoms with Gasteiger partial charge in [-0.2, -0.15) is 0 Å². The first kappa shape index (κ1) is 16.4. The molecule has 0 aliphatic carbocycles. The molecule has 0 spiro atoms. The average molecular weight is 367 g/mol. The third-order valence-corrected chi connectivity index (χ3v) is 6.56. The number of aryl methyl sites for hydroxylation is 2. The number of hydrogen-bond donors (Lipinski definition) is 1. The Hall–Kier alpha value is -2.11. The Labute approximate surface area is 155 Å². The van der Waals surface area contributed by atoms with Crippen LogP contribution in [0.15, 0.2) is 58.3 Å². The van der Waals surface area contributed by atoms with E-state index in [-0.39, 0.29) is 11.2 Å². The monoisotopic (exact) mass is 366 g/mol. The normalized spacial score (nSPS) is 16.8. The standard InChI is InChI=1S/C20H18N2OS2/c1-13-6-8-15(9-7-13)17-12-24-20(22-17)25-18-11-10-14-4-2-3-5-16(14)21-19(18)23/h2-9,12,18H,10-11H2,1H3,(H,21,23). The smallest absolute Gasteiger partial charge is 0.237 e. The SMILES string of the molecule is Cc1ccc(-c2csc(SC3CCc4ccccc4NC3=O)n2)cc1. The van der Waals surface area contributed by atoms with Crippen molar-refractivity contribution in [2.24, 2.45) is 0 Å². The lowest BCUT2D eigenvalue weighted by atomic mass is 10.1. The Kier molecular flexibility index (Phi) is 4.59. The van der Waals surface area contributed by atoms with E-state index in [1.807, 2.05) is 18.2 Å². The number of rotatable bonds is 3. The molecule has 2 aromatic carbocycles. The van der Waals surface area contributed by atoms with Crippen LogP contribution < -0.4 is 5.32 Å². The summed E-state index contributed by atoms with van der Waals surface area (Å²) < 4.78 is 0.946. The summed E-state index contributed by atoms with van der Waals surface area (Å²) in [4.78, 5) is 17.3. The fraction of sp³-hybridized carbons (Fsp3) is 0.200. The van der Waals surface area contributed by atoms with Gasteiger partial charge in [0.2, 0.25) is 5.91 Å². The fourth-order valence-electron chi connectivity index (χ4n) is 2.89. The van der Waals surface area contributed by atoms with Crippen LogP contribution >= 0.6 is 23.1 Å². The zero-order valence-corrected chi connectivity index (χ0v) is 15.5.